The van der Waals surface area contributed by atoms with Gasteiger partial charge in [0.2, 0.25) is 5.88 Å². The van der Waals surface area contributed by atoms with E-state index in [9.17, 15) is 0 Å². The molecule has 28 heavy (non-hydrogen) atoms. The number of methoxy groups -OCH3 is 1. The summed E-state index contributed by atoms with van der Waals surface area (Å²) in [7, 11) is 1.63. The van der Waals surface area contributed by atoms with E-state index in [0.29, 0.717) is 12.4 Å². The monoisotopic (exact) mass is 496 g/mol. The average molecular weight is 496 g/mol. The molecule has 0 radical (unpaired) electrons. The van der Waals surface area contributed by atoms with Gasteiger partial charge in [-0.3, -0.25) is 0 Å². The van der Waals surface area contributed by atoms with E-state index in [-0.39, 0.29) is 30.1 Å². The summed E-state index contributed by atoms with van der Waals surface area (Å²) in [5, 5.41) is 3.40. The van der Waals surface area contributed by atoms with Crippen LogP contribution in [0.2, 0.25) is 0 Å². The fraction of sp³-hybridized carbons (Fsp3) is 0.429. The standard InChI is InChI=1S/C21H28N4O2.HI/c1-3-22-21(24-16-17-9-12-23-20(15-17)26-2)25-13-10-19(11-14-25)27-18-7-5-4-6-8-18;/h4-9,12,15,19H,3,10-11,13-14,16H2,1-2H3,(H,22,24);1H. The molecule has 1 aliphatic heterocycles. The van der Waals surface area contributed by atoms with Crippen molar-refractivity contribution in [3.63, 3.8) is 0 Å². The van der Waals surface area contributed by atoms with Gasteiger partial charge in [-0.1, -0.05) is 18.2 Å². The van der Waals surface area contributed by atoms with Gasteiger partial charge in [0.25, 0.3) is 0 Å². The Labute approximate surface area is 184 Å². The fourth-order valence-electron chi connectivity index (χ4n) is 3.13. The molecule has 0 bridgehead atoms. The third-order valence-corrected chi connectivity index (χ3v) is 4.54. The number of nitrogens with zero attached hydrogens (tertiary/aromatic N) is 3. The van der Waals surface area contributed by atoms with Gasteiger partial charge in [0.05, 0.1) is 13.7 Å². The highest BCUT2D eigenvalue weighted by Crippen LogP contribution is 2.19. The van der Waals surface area contributed by atoms with Gasteiger partial charge in [-0.15, -0.1) is 24.0 Å². The van der Waals surface area contributed by atoms with Crippen LogP contribution < -0.4 is 14.8 Å². The number of ether oxygens (including phenoxy) is 2. The summed E-state index contributed by atoms with van der Waals surface area (Å²) in [4.78, 5) is 11.3. The molecule has 152 valence electrons. The van der Waals surface area contributed by atoms with Gasteiger partial charge >= 0.3 is 0 Å². The Morgan fingerprint density at radius 3 is 2.64 bits per heavy atom. The molecule has 6 nitrogen and oxygen atoms in total. The molecular formula is C21H29IN4O2. The van der Waals surface area contributed by atoms with Crippen molar-refractivity contribution >= 4 is 29.9 Å². The molecule has 2 heterocycles. The molecule has 3 rings (SSSR count). The minimum Gasteiger partial charge on any atom is -0.490 e. The lowest BCUT2D eigenvalue weighted by Crippen LogP contribution is -2.47. The molecule has 0 aliphatic carbocycles. The van der Waals surface area contributed by atoms with Crippen LogP contribution in [0.5, 0.6) is 11.6 Å². The lowest BCUT2D eigenvalue weighted by molar-refractivity contribution is 0.129. The van der Waals surface area contributed by atoms with Crippen molar-refractivity contribution in [2.24, 2.45) is 4.99 Å². The lowest BCUT2D eigenvalue weighted by atomic mass is 10.1. The third-order valence-electron chi connectivity index (χ3n) is 4.54. The topological polar surface area (TPSA) is 59.0 Å². The number of aromatic nitrogens is 1. The number of halogens is 1. The normalized spacial score (nSPS) is 14.9. The molecule has 1 fully saturated rings. The number of rotatable bonds is 6. The van der Waals surface area contributed by atoms with Crippen molar-refractivity contribution < 1.29 is 9.47 Å². The zero-order chi connectivity index (χ0) is 18.9. The van der Waals surface area contributed by atoms with Crippen LogP contribution in [0.3, 0.4) is 0 Å². The van der Waals surface area contributed by atoms with Crippen LogP contribution in [0.25, 0.3) is 0 Å². The molecule has 0 atom stereocenters. The van der Waals surface area contributed by atoms with E-state index >= 15 is 0 Å². The number of guanidine groups is 1. The van der Waals surface area contributed by atoms with E-state index in [2.05, 4.69) is 22.1 Å². The number of hydrogen-bond donors (Lipinski definition) is 1. The number of pyridine rings is 1. The third kappa shape index (κ3) is 6.54. The van der Waals surface area contributed by atoms with Crippen molar-refractivity contribution in [1.82, 2.24) is 15.2 Å². The fourth-order valence-corrected chi connectivity index (χ4v) is 3.13. The number of nitrogens with one attached hydrogen (secondary N) is 1. The molecule has 7 heteroatoms. The van der Waals surface area contributed by atoms with Gasteiger partial charge in [-0.2, -0.15) is 0 Å². The number of benzene rings is 1. The maximum absolute atomic E-state index is 6.09. The minimum absolute atomic E-state index is 0. The van der Waals surface area contributed by atoms with Crippen LogP contribution in [0.1, 0.15) is 25.3 Å². The quantitative estimate of drug-likeness (QED) is 0.376. The summed E-state index contributed by atoms with van der Waals surface area (Å²) >= 11 is 0. The summed E-state index contributed by atoms with van der Waals surface area (Å²) in [5.74, 6) is 2.51. The molecule has 1 aliphatic rings. The summed E-state index contributed by atoms with van der Waals surface area (Å²) in [5.41, 5.74) is 1.08. The van der Waals surface area contributed by atoms with Gasteiger partial charge in [0.15, 0.2) is 5.96 Å². The zero-order valence-electron chi connectivity index (χ0n) is 16.5. The second-order valence-corrected chi connectivity index (χ2v) is 6.49. The Bertz CT molecular complexity index is 734. The van der Waals surface area contributed by atoms with E-state index in [1.165, 1.54) is 0 Å². The number of likely N-dealkylation sites (tertiary alicyclic amines) is 1. The van der Waals surface area contributed by atoms with Gasteiger partial charge in [-0.25, -0.2) is 9.98 Å². The van der Waals surface area contributed by atoms with Crippen LogP contribution in [-0.2, 0) is 6.54 Å². The molecular weight excluding hydrogens is 467 g/mol. The second-order valence-electron chi connectivity index (χ2n) is 6.49. The molecule has 1 saturated heterocycles. The molecule has 1 aromatic heterocycles. The second kappa shape index (κ2) is 11.7. The van der Waals surface area contributed by atoms with Crippen LogP contribution >= 0.6 is 24.0 Å². The summed E-state index contributed by atoms with van der Waals surface area (Å²) < 4.78 is 11.3. The molecule has 0 saturated carbocycles. The first kappa shape index (κ1) is 22.3. The molecule has 1 N–H and O–H groups in total. The van der Waals surface area contributed by atoms with E-state index in [1.807, 2.05) is 42.5 Å². The van der Waals surface area contributed by atoms with Crippen LogP contribution in [0, 0.1) is 0 Å². The van der Waals surface area contributed by atoms with E-state index in [1.54, 1.807) is 13.3 Å². The van der Waals surface area contributed by atoms with Crippen molar-refractivity contribution in [3.05, 3.63) is 54.2 Å². The Morgan fingerprint density at radius 1 is 1.21 bits per heavy atom. The first-order valence-corrected chi connectivity index (χ1v) is 9.52. The SMILES string of the molecule is CCNC(=NCc1ccnc(OC)c1)N1CCC(Oc2ccccc2)CC1.I. The first-order chi connectivity index (χ1) is 13.3. The van der Waals surface area contributed by atoms with Gasteiger partial charge in [0, 0.05) is 44.7 Å². The Kier molecular flexibility index (Phi) is 9.33. The van der Waals surface area contributed by atoms with Crippen molar-refractivity contribution in [3.8, 4) is 11.6 Å². The largest absolute Gasteiger partial charge is 0.490 e. The van der Waals surface area contributed by atoms with Crippen molar-refractivity contribution in [1.29, 1.82) is 0 Å². The lowest BCUT2D eigenvalue weighted by Gasteiger charge is -2.34. The number of piperidine rings is 1. The Balaban J connectivity index is 0.00000280. The highest BCUT2D eigenvalue weighted by molar-refractivity contribution is 14.0. The van der Waals surface area contributed by atoms with Gasteiger partial charge < -0.3 is 19.7 Å². The van der Waals surface area contributed by atoms with Crippen LogP contribution in [-0.4, -0.2) is 48.7 Å². The Morgan fingerprint density at radius 2 is 1.96 bits per heavy atom. The predicted molar refractivity (Wildman–Crippen MR) is 123 cm³/mol. The van der Waals surface area contributed by atoms with Crippen LogP contribution in [0.15, 0.2) is 53.7 Å². The molecule has 0 spiro atoms. The summed E-state index contributed by atoms with van der Waals surface area (Å²) in [6, 6.07) is 13.9. The van der Waals surface area contributed by atoms with Crippen molar-refractivity contribution in [2.45, 2.75) is 32.4 Å². The summed E-state index contributed by atoms with van der Waals surface area (Å²) in [6.07, 6.45) is 3.99. The summed E-state index contributed by atoms with van der Waals surface area (Å²) in [6.45, 7) is 5.41. The molecule has 1 aromatic carbocycles. The Hall–Kier alpha value is -2.03. The average Bonchev–Trinajstić information content (AvgIpc) is 2.73. The van der Waals surface area contributed by atoms with Crippen LogP contribution in [0.4, 0.5) is 0 Å². The smallest absolute Gasteiger partial charge is 0.213 e. The molecule has 0 amide bonds. The zero-order valence-corrected chi connectivity index (χ0v) is 18.8. The van der Waals surface area contributed by atoms with E-state index < -0.39 is 0 Å². The van der Waals surface area contributed by atoms with Gasteiger partial charge in [-0.05, 0) is 30.7 Å². The molecule has 0 unspecified atom stereocenters. The van der Waals surface area contributed by atoms with E-state index in [4.69, 9.17) is 14.5 Å². The number of para-hydroxylation sites is 1. The molecule has 2 aromatic rings. The highest BCUT2D eigenvalue weighted by Gasteiger charge is 2.22. The minimum atomic E-state index is 0. The number of hydrogen-bond acceptors (Lipinski definition) is 4. The van der Waals surface area contributed by atoms with Gasteiger partial charge in [0.1, 0.15) is 11.9 Å². The first-order valence-electron chi connectivity index (χ1n) is 9.52. The van der Waals surface area contributed by atoms with Crippen molar-refractivity contribution in [2.75, 3.05) is 26.7 Å². The maximum Gasteiger partial charge on any atom is 0.213 e. The predicted octanol–water partition coefficient (Wildman–Crippen LogP) is 3.72. The maximum atomic E-state index is 6.09. The number of aliphatic imine (C=N–C) groups is 1. The highest BCUT2D eigenvalue weighted by atomic mass is 127. The van der Waals surface area contributed by atoms with E-state index in [0.717, 1.165) is 49.7 Å².